The SMILES string of the molecule is CCc1cccc(OCCC(CN)c2cccc(OC)c2)c1. The van der Waals surface area contributed by atoms with Crippen molar-refractivity contribution in [3.8, 4) is 11.5 Å². The highest BCUT2D eigenvalue weighted by atomic mass is 16.5. The Morgan fingerprint density at radius 1 is 1.05 bits per heavy atom. The standard InChI is InChI=1S/C19H25NO2/c1-3-15-6-4-9-19(12-15)22-11-10-17(14-20)16-7-5-8-18(13-16)21-2/h4-9,12-13,17H,3,10-11,14,20H2,1-2H3. The molecule has 0 bridgehead atoms. The van der Waals surface area contributed by atoms with Crippen molar-refractivity contribution in [3.05, 3.63) is 59.7 Å². The molecular weight excluding hydrogens is 274 g/mol. The highest BCUT2D eigenvalue weighted by Gasteiger charge is 2.11. The predicted octanol–water partition coefficient (Wildman–Crippen LogP) is 3.77. The van der Waals surface area contributed by atoms with Crippen LogP contribution in [0, 0.1) is 0 Å². The second kappa shape index (κ2) is 8.44. The maximum absolute atomic E-state index is 5.93. The average Bonchev–Trinajstić information content (AvgIpc) is 2.59. The van der Waals surface area contributed by atoms with Crippen LogP contribution in [0.25, 0.3) is 0 Å². The summed E-state index contributed by atoms with van der Waals surface area (Å²) in [5.74, 6) is 2.08. The van der Waals surface area contributed by atoms with Gasteiger partial charge >= 0.3 is 0 Å². The summed E-state index contributed by atoms with van der Waals surface area (Å²) in [6.45, 7) is 3.41. The summed E-state index contributed by atoms with van der Waals surface area (Å²) in [4.78, 5) is 0. The zero-order valence-corrected chi connectivity index (χ0v) is 13.4. The molecule has 3 nitrogen and oxygen atoms in total. The number of nitrogens with two attached hydrogens (primary N) is 1. The average molecular weight is 299 g/mol. The van der Waals surface area contributed by atoms with Crippen molar-refractivity contribution in [2.24, 2.45) is 5.73 Å². The largest absolute Gasteiger partial charge is 0.497 e. The van der Waals surface area contributed by atoms with Crippen LogP contribution in [-0.4, -0.2) is 20.3 Å². The second-order valence-electron chi connectivity index (χ2n) is 5.35. The van der Waals surface area contributed by atoms with E-state index in [1.54, 1.807) is 7.11 Å². The zero-order valence-electron chi connectivity index (χ0n) is 13.4. The quantitative estimate of drug-likeness (QED) is 0.807. The van der Waals surface area contributed by atoms with E-state index >= 15 is 0 Å². The molecule has 0 spiro atoms. The van der Waals surface area contributed by atoms with Gasteiger partial charge < -0.3 is 15.2 Å². The van der Waals surface area contributed by atoms with Gasteiger partial charge in [-0.25, -0.2) is 0 Å². The molecule has 0 aliphatic heterocycles. The van der Waals surface area contributed by atoms with E-state index in [0.29, 0.717) is 13.2 Å². The monoisotopic (exact) mass is 299 g/mol. The zero-order chi connectivity index (χ0) is 15.8. The van der Waals surface area contributed by atoms with Gasteiger partial charge in [-0.3, -0.25) is 0 Å². The van der Waals surface area contributed by atoms with Crippen LogP contribution < -0.4 is 15.2 Å². The van der Waals surface area contributed by atoms with Crippen LogP contribution in [0.4, 0.5) is 0 Å². The van der Waals surface area contributed by atoms with Gasteiger partial charge in [0.15, 0.2) is 0 Å². The minimum absolute atomic E-state index is 0.282. The number of ether oxygens (including phenoxy) is 2. The van der Waals surface area contributed by atoms with Crippen molar-refractivity contribution in [3.63, 3.8) is 0 Å². The van der Waals surface area contributed by atoms with E-state index < -0.39 is 0 Å². The Morgan fingerprint density at radius 3 is 2.55 bits per heavy atom. The summed E-state index contributed by atoms with van der Waals surface area (Å²) in [6, 6.07) is 16.4. The fraction of sp³-hybridized carbons (Fsp3) is 0.368. The van der Waals surface area contributed by atoms with Crippen LogP contribution in [-0.2, 0) is 6.42 Å². The molecule has 0 saturated heterocycles. The molecular formula is C19H25NO2. The highest BCUT2D eigenvalue weighted by Crippen LogP contribution is 2.23. The van der Waals surface area contributed by atoms with Gasteiger partial charge in [-0.1, -0.05) is 31.2 Å². The van der Waals surface area contributed by atoms with Gasteiger partial charge in [0.05, 0.1) is 13.7 Å². The van der Waals surface area contributed by atoms with Gasteiger partial charge in [-0.2, -0.15) is 0 Å². The summed E-state index contributed by atoms with van der Waals surface area (Å²) in [6.07, 6.45) is 1.91. The van der Waals surface area contributed by atoms with Crippen LogP contribution in [0.2, 0.25) is 0 Å². The van der Waals surface area contributed by atoms with Crippen LogP contribution >= 0.6 is 0 Å². The number of aryl methyl sites for hydroxylation is 1. The van der Waals surface area contributed by atoms with E-state index in [4.69, 9.17) is 15.2 Å². The topological polar surface area (TPSA) is 44.5 Å². The van der Waals surface area contributed by atoms with Crippen molar-refractivity contribution < 1.29 is 9.47 Å². The fourth-order valence-electron chi connectivity index (χ4n) is 2.49. The molecule has 118 valence electrons. The number of methoxy groups -OCH3 is 1. The lowest BCUT2D eigenvalue weighted by Crippen LogP contribution is -2.15. The van der Waals surface area contributed by atoms with Crippen LogP contribution in [0.5, 0.6) is 11.5 Å². The highest BCUT2D eigenvalue weighted by molar-refractivity contribution is 5.31. The lowest BCUT2D eigenvalue weighted by molar-refractivity contribution is 0.298. The van der Waals surface area contributed by atoms with E-state index in [0.717, 1.165) is 24.3 Å². The Balaban J connectivity index is 1.93. The molecule has 0 radical (unpaired) electrons. The molecule has 1 unspecified atom stereocenters. The van der Waals surface area contributed by atoms with Crippen molar-refractivity contribution in [2.45, 2.75) is 25.7 Å². The van der Waals surface area contributed by atoms with Gasteiger partial charge in [0.25, 0.3) is 0 Å². The van der Waals surface area contributed by atoms with Gasteiger partial charge in [-0.05, 0) is 60.7 Å². The van der Waals surface area contributed by atoms with E-state index in [1.165, 1.54) is 11.1 Å². The molecule has 2 N–H and O–H groups in total. The summed E-state index contributed by atoms with van der Waals surface area (Å²) < 4.78 is 11.1. The van der Waals surface area contributed by atoms with E-state index in [1.807, 2.05) is 24.3 Å². The Bertz CT molecular complexity index is 583. The molecule has 0 aliphatic carbocycles. The van der Waals surface area contributed by atoms with Gasteiger partial charge in [-0.15, -0.1) is 0 Å². The predicted molar refractivity (Wildman–Crippen MR) is 90.7 cm³/mol. The van der Waals surface area contributed by atoms with Crippen molar-refractivity contribution in [2.75, 3.05) is 20.3 Å². The van der Waals surface area contributed by atoms with E-state index in [9.17, 15) is 0 Å². The maximum Gasteiger partial charge on any atom is 0.119 e. The molecule has 0 aliphatic rings. The molecule has 0 fully saturated rings. The molecule has 3 heteroatoms. The van der Waals surface area contributed by atoms with Crippen LogP contribution in [0.3, 0.4) is 0 Å². The summed E-state index contributed by atoms with van der Waals surface area (Å²) >= 11 is 0. The second-order valence-corrected chi connectivity index (χ2v) is 5.35. The Kier molecular flexibility index (Phi) is 6.28. The third-order valence-electron chi connectivity index (χ3n) is 3.89. The third-order valence-corrected chi connectivity index (χ3v) is 3.89. The normalized spacial score (nSPS) is 12.0. The molecule has 0 aromatic heterocycles. The minimum atomic E-state index is 0.282. The smallest absolute Gasteiger partial charge is 0.119 e. The van der Waals surface area contributed by atoms with E-state index in [-0.39, 0.29) is 5.92 Å². The first kappa shape index (κ1) is 16.4. The summed E-state index contributed by atoms with van der Waals surface area (Å²) in [7, 11) is 1.68. The number of hydrogen-bond acceptors (Lipinski definition) is 3. The first-order valence-electron chi connectivity index (χ1n) is 7.82. The number of rotatable bonds is 8. The lowest BCUT2D eigenvalue weighted by atomic mass is 9.96. The molecule has 0 heterocycles. The lowest BCUT2D eigenvalue weighted by Gasteiger charge is -2.16. The Hall–Kier alpha value is -2.00. The number of hydrogen-bond donors (Lipinski definition) is 1. The van der Waals surface area contributed by atoms with Gasteiger partial charge in [0, 0.05) is 0 Å². The molecule has 22 heavy (non-hydrogen) atoms. The Morgan fingerprint density at radius 2 is 1.82 bits per heavy atom. The first-order chi connectivity index (χ1) is 10.8. The third kappa shape index (κ3) is 4.50. The molecule has 2 aromatic rings. The molecule has 0 saturated carbocycles. The summed E-state index contributed by atoms with van der Waals surface area (Å²) in [5.41, 5.74) is 8.42. The first-order valence-corrected chi connectivity index (χ1v) is 7.82. The fourth-order valence-corrected chi connectivity index (χ4v) is 2.49. The van der Waals surface area contributed by atoms with Crippen molar-refractivity contribution in [1.29, 1.82) is 0 Å². The molecule has 1 atom stereocenters. The molecule has 2 aromatic carbocycles. The van der Waals surface area contributed by atoms with Gasteiger partial charge in [0.2, 0.25) is 0 Å². The minimum Gasteiger partial charge on any atom is -0.497 e. The van der Waals surface area contributed by atoms with Crippen molar-refractivity contribution in [1.82, 2.24) is 0 Å². The van der Waals surface area contributed by atoms with Gasteiger partial charge in [0.1, 0.15) is 11.5 Å². The van der Waals surface area contributed by atoms with Crippen LogP contribution in [0.15, 0.2) is 48.5 Å². The Labute approximate surface area is 133 Å². The van der Waals surface area contributed by atoms with E-state index in [2.05, 4.69) is 31.2 Å². The maximum atomic E-state index is 5.93. The molecule has 0 amide bonds. The number of benzene rings is 2. The molecule has 2 rings (SSSR count). The summed E-state index contributed by atoms with van der Waals surface area (Å²) in [5, 5.41) is 0. The van der Waals surface area contributed by atoms with Crippen molar-refractivity contribution >= 4 is 0 Å². The van der Waals surface area contributed by atoms with Crippen LogP contribution in [0.1, 0.15) is 30.4 Å².